The molecule has 0 aliphatic carbocycles. The Morgan fingerprint density at radius 2 is 1.91 bits per heavy atom. The topological polar surface area (TPSA) is 112 Å². The highest BCUT2D eigenvalue weighted by Gasteiger charge is 2.21. The number of hydrogen-bond acceptors (Lipinski definition) is 7. The van der Waals surface area contributed by atoms with Crippen LogP contribution in [0.25, 0.3) is 11.0 Å². The lowest BCUT2D eigenvalue weighted by atomic mass is 10.0. The molecule has 2 aromatic carbocycles. The summed E-state index contributed by atoms with van der Waals surface area (Å²) in [5, 5.41) is 0.698. The molecule has 1 N–H and O–H groups in total. The maximum absolute atomic E-state index is 12.5. The minimum Gasteiger partial charge on any atom is -0.457 e. The number of carbonyl (C=O) groups is 1. The number of esters is 1. The molecule has 1 aromatic heterocycles. The summed E-state index contributed by atoms with van der Waals surface area (Å²) < 4.78 is 43.6. The third-order valence-corrected chi connectivity index (χ3v) is 7.24. The van der Waals surface area contributed by atoms with Gasteiger partial charge in [-0.3, -0.25) is 0 Å². The molecule has 0 bridgehead atoms. The predicted molar refractivity (Wildman–Crippen MR) is 122 cm³/mol. The SMILES string of the molecule is Cc1ccc2c(COC(=O)c3ccc(S(=O)(=O)NC[C@@H]4CCCO4)cc3)cc(=O)oc2c1C. The van der Waals surface area contributed by atoms with Crippen LogP contribution in [0.1, 0.15) is 39.9 Å². The lowest BCUT2D eigenvalue weighted by Crippen LogP contribution is -2.31. The number of ether oxygens (including phenoxy) is 2. The summed E-state index contributed by atoms with van der Waals surface area (Å²) in [6.45, 7) is 4.52. The standard InChI is InChI=1S/C24H25NO7S/c1-15-5-10-21-18(12-22(26)32-23(21)16(15)2)14-31-24(27)17-6-8-20(9-7-17)33(28,29)25-13-19-4-3-11-30-19/h5-10,12,19,25H,3-4,11,13-14H2,1-2H3/t19-/m0/s1. The van der Waals surface area contributed by atoms with Crippen molar-refractivity contribution in [2.45, 2.75) is 44.3 Å². The maximum Gasteiger partial charge on any atom is 0.338 e. The second-order valence-corrected chi connectivity index (χ2v) is 9.83. The first-order chi connectivity index (χ1) is 15.7. The fraction of sp³-hybridized carbons (Fsp3) is 0.333. The van der Waals surface area contributed by atoms with Crippen LogP contribution in [0.4, 0.5) is 0 Å². The zero-order chi connectivity index (χ0) is 23.6. The van der Waals surface area contributed by atoms with Gasteiger partial charge in [0.05, 0.1) is 16.6 Å². The van der Waals surface area contributed by atoms with Gasteiger partial charge in [-0.15, -0.1) is 0 Å². The summed E-state index contributed by atoms with van der Waals surface area (Å²) in [6, 6.07) is 10.5. The number of hydrogen-bond donors (Lipinski definition) is 1. The van der Waals surface area contributed by atoms with Crippen LogP contribution in [0, 0.1) is 13.8 Å². The molecule has 1 aliphatic heterocycles. The van der Waals surface area contributed by atoms with Gasteiger partial charge in [-0.05, 0) is 62.1 Å². The van der Waals surface area contributed by atoms with Gasteiger partial charge >= 0.3 is 11.6 Å². The Balaban J connectivity index is 1.44. The van der Waals surface area contributed by atoms with Gasteiger partial charge in [-0.2, -0.15) is 0 Å². The molecular weight excluding hydrogens is 446 g/mol. The molecule has 9 heteroatoms. The van der Waals surface area contributed by atoms with Crippen LogP contribution in [0.15, 0.2) is 56.6 Å². The highest BCUT2D eigenvalue weighted by molar-refractivity contribution is 7.89. The van der Waals surface area contributed by atoms with Crippen molar-refractivity contribution in [3.05, 3.63) is 75.1 Å². The quantitative estimate of drug-likeness (QED) is 0.416. The summed E-state index contributed by atoms with van der Waals surface area (Å²) in [5.41, 5.74) is 2.52. The van der Waals surface area contributed by atoms with Crippen LogP contribution in [0.2, 0.25) is 0 Å². The molecule has 1 fully saturated rings. The smallest absolute Gasteiger partial charge is 0.338 e. The molecular formula is C24H25NO7S. The van der Waals surface area contributed by atoms with Gasteiger partial charge in [0, 0.05) is 30.2 Å². The molecule has 3 aromatic rings. The minimum absolute atomic E-state index is 0.0505. The van der Waals surface area contributed by atoms with Crippen LogP contribution < -0.4 is 10.3 Å². The number of aryl methyl sites for hydroxylation is 2. The van der Waals surface area contributed by atoms with Crippen LogP contribution in [-0.4, -0.2) is 33.6 Å². The lowest BCUT2D eigenvalue weighted by Gasteiger charge is -2.12. The fourth-order valence-corrected chi connectivity index (χ4v) is 4.80. The molecule has 1 saturated heterocycles. The normalized spacial score (nSPS) is 16.2. The molecule has 0 amide bonds. The Kier molecular flexibility index (Phi) is 6.64. The van der Waals surface area contributed by atoms with E-state index in [9.17, 15) is 18.0 Å². The van der Waals surface area contributed by atoms with E-state index >= 15 is 0 Å². The Morgan fingerprint density at radius 3 is 2.61 bits per heavy atom. The summed E-state index contributed by atoms with van der Waals surface area (Å²) in [5.74, 6) is -0.628. The van der Waals surface area contributed by atoms with E-state index in [4.69, 9.17) is 13.9 Å². The Labute approximate surface area is 191 Å². The van der Waals surface area contributed by atoms with Crippen molar-refractivity contribution in [2.24, 2.45) is 0 Å². The second kappa shape index (κ2) is 9.46. The van der Waals surface area contributed by atoms with Gasteiger partial charge in [-0.1, -0.05) is 12.1 Å². The van der Waals surface area contributed by atoms with Gasteiger partial charge in [-0.25, -0.2) is 22.7 Å². The van der Waals surface area contributed by atoms with Gasteiger partial charge < -0.3 is 13.9 Å². The van der Waals surface area contributed by atoms with Crippen molar-refractivity contribution < 1.29 is 27.1 Å². The number of rotatable bonds is 7. The first-order valence-electron chi connectivity index (χ1n) is 10.7. The van der Waals surface area contributed by atoms with E-state index in [0.717, 1.165) is 24.0 Å². The average Bonchev–Trinajstić information content (AvgIpc) is 3.32. The number of fused-ring (bicyclic) bond motifs is 1. The third-order valence-electron chi connectivity index (χ3n) is 5.80. The highest BCUT2D eigenvalue weighted by Crippen LogP contribution is 2.24. The zero-order valence-electron chi connectivity index (χ0n) is 18.4. The monoisotopic (exact) mass is 471 g/mol. The van der Waals surface area contributed by atoms with Crippen molar-refractivity contribution in [3.8, 4) is 0 Å². The number of nitrogens with one attached hydrogen (secondary N) is 1. The van der Waals surface area contributed by atoms with Crippen molar-refractivity contribution in [1.29, 1.82) is 0 Å². The van der Waals surface area contributed by atoms with Crippen LogP contribution >= 0.6 is 0 Å². The van der Waals surface area contributed by atoms with E-state index in [1.54, 1.807) is 0 Å². The average molecular weight is 472 g/mol. The Morgan fingerprint density at radius 1 is 1.15 bits per heavy atom. The van der Waals surface area contributed by atoms with E-state index in [0.29, 0.717) is 23.1 Å². The fourth-order valence-electron chi connectivity index (χ4n) is 3.73. The minimum atomic E-state index is -3.71. The van der Waals surface area contributed by atoms with Gasteiger partial charge in [0.2, 0.25) is 10.0 Å². The predicted octanol–water partition coefficient (Wildman–Crippen LogP) is 3.22. The maximum atomic E-state index is 12.5. The summed E-state index contributed by atoms with van der Waals surface area (Å²) >= 11 is 0. The molecule has 1 atom stereocenters. The first-order valence-corrected chi connectivity index (χ1v) is 12.1. The van der Waals surface area contributed by atoms with Crippen molar-refractivity contribution in [3.63, 3.8) is 0 Å². The van der Waals surface area contributed by atoms with Gasteiger partial charge in [0.15, 0.2) is 0 Å². The van der Waals surface area contributed by atoms with E-state index in [1.807, 2.05) is 26.0 Å². The van der Waals surface area contributed by atoms with E-state index in [1.165, 1.54) is 30.3 Å². The lowest BCUT2D eigenvalue weighted by molar-refractivity contribution is 0.0473. The molecule has 2 heterocycles. The number of carbonyl (C=O) groups excluding carboxylic acids is 1. The molecule has 4 rings (SSSR count). The van der Waals surface area contributed by atoms with Gasteiger partial charge in [0.1, 0.15) is 12.2 Å². The molecule has 0 saturated carbocycles. The Hall–Kier alpha value is -3.01. The van der Waals surface area contributed by atoms with E-state index in [-0.39, 0.29) is 29.7 Å². The van der Waals surface area contributed by atoms with Crippen molar-refractivity contribution in [2.75, 3.05) is 13.2 Å². The molecule has 0 spiro atoms. The Bertz CT molecular complexity index is 1340. The molecule has 33 heavy (non-hydrogen) atoms. The summed E-state index contributed by atoms with van der Waals surface area (Å²) in [7, 11) is -3.71. The van der Waals surface area contributed by atoms with Gasteiger partial charge in [0.25, 0.3) is 0 Å². The molecule has 0 radical (unpaired) electrons. The zero-order valence-corrected chi connectivity index (χ0v) is 19.2. The largest absolute Gasteiger partial charge is 0.457 e. The van der Waals surface area contributed by atoms with Crippen molar-refractivity contribution in [1.82, 2.24) is 4.72 Å². The highest BCUT2D eigenvalue weighted by atomic mass is 32.2. The van der Waals surface area contributed by atoms with Crippen LogP contribution in [-0.2, 0) is 26.1 Å². The number of benzene rings is 2. The summed E-state index contributed by atoms with van der Waals surface area (Å²) in [4.78, 5) is 24.5. The third kappa shape index (κ3) is 5.16. The van der Waals surface area contributed by atoms with Crippen LogP contribution in [0.5, 0.6) is 0 Å². The molecule has 0 unspecified atom stereocenters. The second-order valence-electron chi connectivity index (χ2n) is 8.06. The number of sulfonamides is 1. The molecule has 8 nitrogen and oxygen atoms in total. The van der Waals surface area contributed by atoms with Crippen molar-refractivity contribution >= 4 is 27.0 Å². The molecule has 174 valence electrons. The first kappa shape index (κ1) is 23.2. The van der Waals surface area contributed by atoms with E-state index in [2.05, 4.69) is 4.72 Å². The van der Waals surface area contributed by atoms with E-state index < -0.39 is 21.6 Å². The summed E-state index contributed by atoms with van der Waals surface area (Å²) in [6.07, 6.45) is 1.63. The molecule has 1 aliphatic rings. The van der Waals surface area contributed by atoms with Crippen LogP contribution in [0.3, 0.4) is 0 Å².